The maximum atomic E-state index is 13.1. The molecule has 0 aliphatic rings. The molecule has 0 unspecified atom stereocenters. The predicted molar refractivity (Wildman–Crippen MR) is 269 cm³/mol. The van der Waals surface area contributed by atoms with Crippen LogP contribution in [0.15, 0.2) is 48.5 Å². The van der Waals surface area contributed by atoms with Crippen molar-refractivity contribution in [1.82, 2.24) is 15.5 Å². The molecule has 22 heteroatoms. The Morgan fingerprint density at radius 2 is 0.871 bits per heavy atom. The molecule has 0 bridgehead atoms. The third kappa shape index (κ3) is 33.0. The van der Waals surface area contributed by atoms with Gasteiger partial charge in [0.1, 0.15) is 19.8 Å². The lowest BCUT2D eigenvalue weighted by Crippen LogP contribution is -2.43. The maximum Gasteiger partial charge on any atom is 0.409 e. The lowest BCUT2D eigenvalue weighted by Gasteiger charge is -2.23. The first-order valence-electron chi connectivity index (χ1n) is 23.1. The fourth-order valence-corrected chi connectivity index (χ4v) is 6.72. The largest absolute Gasteiger partial charge is 0.447 e. The minimum absolute atomic E-state index is 0.0213. The van der Waals surface area contributed by atoms with E-state index in [2.05, 4.69) is 21.3 Å². The number of benzene rings is 2. The Morgan fingerprint density at radius 3 is 1.26 bits per heavy atom. The predicted octanol–water partition coefficient (Wildman–Crippen LogP) is 3.97. The molecule has 0 saturated heterocycles. The fraction of sp³-hybridized carbons (Fsp3) is 0.604. The molecule has 2 aromatic rings. The van der Waals surface area contributed by atoms with Crippen molar-refractivity contribution in [1.29, 1.82) is 0 Å². The Balaban J connectivity index is 1.73. The number of rotatable bonds is 40. The quantitative estimate of drug-likeness (QED) is 0.0690. The molecule has 2 aromatic carbocycles. The zero-order valence-electron chi connectivity index (χ0n) is 41.3. The number of thioether (sulfide) groups is 2. The summed E-state index contributed by atoms with van der Waals surface area (Å²) in [4.78, 5) is 87.1. The molecular weight excluding hydrogens is 951 g/mol. The lowest BCUT2D eigenvalue weighted by molar-refractivity contribution is -0.122. The second kappa shape index (κ2) is 38.1. The summed E-state index contributed by atoms with van der Waals surface area (Å²) in [6.45, 7) is 14.2. The number of amides is 5. The van der Waals surface area contributed by atoms with E-state index >= 15 is 0 Å². The Bertz CT molecular complexity index is 1720. The second-order valence-corrected chi connectivity index (χ2v) is 18.8. The van der Waals surface area contributed by atoms with Crippen molar-refractivity contribution in [2.45, 2.75) is 34.6 Å². The van der Waals surface area contributed by atoms with Crippen molar-refractivity contribution in [3.8, 4) is 0 Å². The molecule has 0 aliphatic heterocycles. The van der Waals surface area contributed by atoms with Crippen molar-refractivity contribution < 1.29 is 71.5 Å². The lowest BCUT2D eigenvalue weighted by atomic mass is 9.99. The van der Waals surface area contributed by atoms with Gasteiger partial charge >= 0.3 is 6.09 Å². The van der Waals surface area contributed by atoms with Gasteiger partial charge in [0.2, 0.25) is 11.8 Å². The number of carbonyl (C=O) groups is 7. The zero-order chi connectivity index (χ0) is 51.2. The second-order valence-electron chi connectivity index (χ2n) is 16.5. The molecule has 4 N–H and O–H groups in total. The summed E-state index contributed by atoms with van der Waals surface area (Å²) in [5.41, 5.74) is 1.71. The number of ether oxygens (including phenoxy) is 8. The third-order valence-electron chi connectivity index (χ3n) is 8.75. The van der Waals surface area contributed by atoms with Crippen LogP contribution >= 0.6 is 23.5 Å². The van der Waals surface area contributed by atoms with Crippen molar-refractivity contribution in [3.05, 3.63) is 59.7 Å². The molecule has 0 fully saturated rings. The van der Waals surface area contributed by atoms with E-state index in [1.54, 1.807) is 48.5 Å². The molecule has 392 valence electrons. The number of hydrogen-bond acceptors (Lipinski definition) is 17. The van der Waals surface area contributed by atoms with Gasteiger partial charge < -0.3 is 64.1 Å². The Labute approximate surface area is 420 Å². The summed E-state index contributed by atoms with van der Waals surface area (Å²) in [6.07, 6.45) is -0.634. The Hall–Kier alpha value is -4.65. The van der Waals surface area contributed by atoms with Gasteiger partial charge in [-0.3, -0.25) is 28.8 Å². The summed E-state index contributed by atoms with van der Waals surface area (Å²) in [7, 11) is 0. The van der Waals surface area contributed by atoms with Crippen LogP contribution in [0.1, 0.15) is 55.3 Å². The highest BCUT2D eigenvalue weighted by Gasteiger charge is 2.18. The van der Waals surface area contributed by atoms with Crippen LogP contribution in [0.2, 0.25) is 0 Å². The molecule has 0 spiro atoms. The number of Topliss-reactive ketones (excluding diaryl/α,β-unsaturated/α-hetero) is 2. The van der Waals surface area contributed by atoms with E-state index in [4.69, 9.17) is 37.9 Å². The molecule has 0 aromatic heterocycles. The average Bonchev–Trinajstić information content (AvgIpc) is 3.31. The molecule has 0 heterocycles. The van der Waals surface area contributed by atoms with Gasteiger partial charge in [-0.15, -0.1) is 23.5 Å². The number of nitrogens with one attached hydrogen (secondary N) is 4. The fourth-order valence-electron chi connectivity index (χ4n) is 5.45. The molecular formula is C48H73N5O15S2. The summed E-state index contributed by atoms with van der Waals surface area (Å²) in [6, 6.07) is 12.9. The number of ketones is 2. The van der Waals surface area contributed by atoms with Crippen LogP contribution in [0.25, 0.3) is 0 Å². The molecule has 70 heavy (non-hydrogen) atoms. The van der Waals surface area contributed by atoms with Crippen molar-refractivity contribution in [2.75, 3.05) is 159 Å². The van der Waals surface area contributed by atoms with E-state index in [1.807, 2.05) is 20.8 Å². The van der Waals surface area contributed by atoms with E-state index in [1.165, 1.54) is 42.3 Å². The van der Waals surface area contributed by atoms with E-state index in [9.17, 15) is 33.6 Å². The van der Waals surface area contributed by atoms with E-state index in [-0.39, 0.29) is 105 Å². The number of nitrogens with zero attached hydrogens (tertiary/aromatic N) is 1. The van der Waals surface area contributed by atoms with Crippen molar-refractivity contribution >= 4 is 76.2 Å². The van der Waals surface area contributed by atoms with Crippen LogP contribution in [-0.4, -0.2) is 194 Å². The molecule has 5 amide bonds. The van der Waals surface area contributed by atoms with Gasteiger partial charge in [-0.05, 0) is 67.8 Å². The monoisotopic (exact) mass is 1020 g/mol. The standard InChI is InChI=1S/C48H73N5O15S2/c1-37(54)32-65-24-22-61-18-20-63-28-30-69-34-43(56)51-41-10-6-39(7-11-41)45(58)49-14-16-53(47(60)68-27-26-67-36-48(3,4)5)17-15-50-46(59)40-8-12-42(13-9-40)52-44(57)35-70-31-29-64-21-19-62-23-25-66-33-38(2)55/h6-13H,14-36H2,1-5H3,(H,49,58)(H,50,59)(H,51,56)(H,52,57). The SMILES string of the molecule is CC(=O)COCCOCCOCCSCC(=O)Nc1ccc(C(=O)NCCN(CCNC(=O)c2ccc(NC(=O)CSCCOCCOCCOCC(C)=O)cc2)C(=O)OCCOCC(C)(C)C)cc1. The average molecular weight is 1020 g/mol. The normalized spacial score (nSPS) is 11.2. The molecule has 0 saturated carbocycles. The Morgan fingerprint density at radius 1 is 0.500 bits per heavy atom. The van der Waals surface area contributed by atoms with Crippen molar-refractivity contribution in [2.24, 2.45) is 5.41 Å². The minimum atomic E-state index is -0.634. The van der Waals surface area contributed by atoms with Gasteiger partial charge in [0.25, 0.3) is 11.8 Å². The zero-order valence-corrected chi connectivity index (χ0v) is 42.9. The Kier molecular flexibility index (Phi) is 33.4. The van der Waals surface area contributed by atoms with Crippen LogP contribution in [0.5, 0.6) is 0 Å². The van der Waals surface area contributed by atoms with Gasteiger partial charge in [-0.2, -0.15) is 0 Å². The number of hydrogen-bond donors (Lipinski definition) is 4. The molecule has 0 atom stereocenters. The van der Waals surface area contributed by atoms with Gasteiger partial charge in [0, 0.05) is 60.2 Å². The number of carbonyl (C=O) groups excluding carboxylic acids is 7. The van der Waals surface area contributed by atoms with Crippen LogP contribution in [0.4, 0.5) is 16.2 Å². The highest BCUT2D eigenvalue weighted by molar-refractivity contribution is 8.00. The minimum Gasteiger partial charge on any atom is -0.447 e. The first-order valence-corrected chi connectivity index (χ1v) is 25.4. The molecule has 0 aliphatic carbocycles. The van der Waals surface area contributed by atoms with E-state index in [0.29, 0.717) is 107 Å². The van der Waals surface area contributed by atoms with E-state index < -0.39 is 6.09 Å². The number of anilines is 2. The summed E-state index contributed by atoms with van der Waals surface area (Å²) in [5, 5.41) is 11.2. The summed E-state index contributed by atoms with van der Waals surface area (Å²) in [5.74, 6) is 0.432. The van der Waals surface area contributed by atoms with Gasteiger partial charge in [-0.1, -0.05) is 20.8 Å². The molecule has 20 nitrogen and oxygen atoms in total. The highest BCUT2D eigenvalue weighted by Crippen LogP contribution is 2.14. The van der Waals surface area contributed by atoms with E-state index in [0.717, 1.165) is 0 Å². The third-order valence-corrected chi connectivity index (χ3v) is 10.6. The van der Waals surface area contributed by atoms with Crippen molar-refractivity contribution in [3.63, 3.8) is 0 Å². The molecule has 2 rings (SSSR count). The topological polar surface area (TPSA) is 245 Å². The van der Waals surface area contributed by atoms with Crippen LogP contribution < -0.4 is 21.3 Å². The van der Waals surface area contributed by atoms with Gasteiger partial charge in [0.15, 0.2) is 11.6 Å². The summed E-state index contributed by atoms with van der Waals surface area (Å²) < 4.78 is 43.1. The smallest absolute Gasteiger partial charge is 0.409 e. The summed E-state index contributed by atoms with van der Waals surface area (Å²) >= 11 is 2.84. The first kappa shape index (κ1) is 61.5. The maximum absolute atomic E-state index is 13.1. The highest BCUT2D eigenvalue weighted by atomic mass is 32.2. The molecule has 0 radical (unpaired) electrons. The van der Waals surface area contributed by atoms with Gasteiger partial charge in [-0.25, -0.2) is 4.79 Å². The van der Waals surface area contributed by atoms with Crippen LogP contribution in [0.3, 0.4) is 0 Å². The van der Waals surface area contributed by atoms with Gasteiger partial charge in [0.05, 0.1) is 90.8 Å². The van der Waals surface area contributed by atoms with Crippen LogP contribution in [0, 0.1) is 5.41 Å². The first-order chi connectivity index (χ1) is 33.6. The van der Waals surface area contributed by atoms with Crippen LogP contribution in [-0.2, 0) is 57.1 Å².